The van der Waals surface area contributed by atoms with Crippen LogP contribution in [0.4, 0.5) is 0 Å². The molecule has 0 spiro atoms. The molecule has 2 unspecified atom stereocenters. The highest BCUT2D eigenvalue weighted by Crippen LogP contribution is 2.43. The number of nitrogens with zero attached hydrogens (tertiary/aromatic N) is 2. The second-order valence-electron chi connectivity index (χ2n) is 6.30. The zero-order valence-corrected chi connectivity index (χ0v) is 13.7. The third kappa shape index (κ3) is 2.83. The summed E-state index contributed by atoms with van der Waals surface area (Å²) in [5.41, 5.74) is -0.429. The number of carbonyl (C=O) groups is 1. The average Bonchev–Trinajstić information content (AvgIpc) is 2.56. The number of aromatic hydroxyl groups is 1. The maximum absolute atomic E-state index is 12.4. The highest BCUT2D eigenvalue weighted by atomic mass is 16.6. The predicted octanol–water partition coefficient (Wildman–Crippen LogP) is 1.73. The molecule has 0 amide bonds. The number of hydrogen-bond acceptors (Lipinski definition) is 6. The van der Waals surface area contributed by atoms with Crippen LogP contribution in [0, 0.1) is 11.3 Å². The molecule has 0 radical (unpaired) electrons. The van der Waals surface area contributed by atoms with Gasteiger partial charge in [0, 0.05) is 17.8 Å². The minimum absolute atomic E-state index is 0.161. The van der Waals surface area contributed by atoms with E-state index in [9.17, 15) is 20.0 Å². The molecule has 0 bridgehead atoms. The number of rotatable bonds is 3. The van der Waals surface area contributed by atoms with Gasteiger partial charge in [-0.15, -0.1) is 0 Å². The number of pyridine rings is 1. The van der Waals surface area contributed by atoms with Crippen LogP contribution in [0.15, 0.2) is 41.3 Å². The molecule has 25 heavy (non-hydrogen) atoms. The normalized spacial score (nSPS) is 20.7. The van der Waals surface area contributed by atoms with Crippen molar-refractivity contribution in [1.29, 1.82) is 5.26 Å². The van der Waals surface area contributed by atoms with Gasteiger partial charge in [0.15, 0.2) is 6.10 Å². The van der Waals surface area contributed by atoms with Gasteiger partial charge in [0.2, 0.25) is 0 Å². The van der Waals surface area contributed by atoms with Gasteiger partial charge in [0.1, 0.15) is 23.1 Å². The summed E-state index contributed by atoms with van der Waals surface area (Å²) in [7, 11) is 0. The number of nitriles is 1. The van der Waals surface area contributed by atoms with Crippen molar-refractivity contribution in [2.45, 2.75) is 31.6 Å². The first-order chi connectivity index (χ1) is 11.9. The smallest absolute Gasteiger partial charge is 0.293 e. The lowest BCUT2D eigenvalue weighted by Crippen LogP contribution is -2.53. The number of ether oxygens (including phenoxy) is 2. The largest absolute Gasteiger partial charge is 0.508 e. The zero-order chi connectivity index (χ0) is 18.2. The van der Waals surface area contributed by atoms with Crippen LogP contribution in [-0.2, 0) is 9.53 Å². The fourth-order valence-corrected chi connectivity index (χ4v) is 3.13. The van der Waals surface area contributed by atoms with Crippen LogP contribution in [-0.4, -0.2) is 27.9 Å². The summed E-state index contributed by atoms with van der Waals surface area (Å²) in [5, 5.41) is 18.7. The van der Waals surface area contributed by atoms with E-state index >= 15 is 0 Å². The molecule has 1 N–H and O–H groups in total. The van der Waals surface area contributed by atoms with Gasteiger partial charge in [-0.3, -0.25) is 9.59 Å². The Morgan fingerprint density at radius 1 is 1.36 bits per heavy atom. The highest BCUT2D eigenvalue weighted by Gasteiger charge is 2.47. The molecule has 1 aliphatic rings. The first-order valence-corrected chi connectivity index (χ1v) is 7.60. The van der Waals surface area contributed by atoms with Crippen molar-refractivity contribution >= 4 is 6.47 Å². The van der Waals surface area contributed by atoms with E-state index in [4.69, 9.17) is 9.47 Å². The number of carbonyl (C=O) groups excluding carboxylic acids is 1. The molecule has 2 atom stereocenters. The van der Waals surface area contributed by atoms with Gasteiger partial charge in [0.25, 0.3) is 12.0 Å². The van der Waals surface area contributed by atoms with E-state index < -0.39 is 23.3 Å². The number of fused-ring (bicyclic) bond motifs is 1. The maximum atomic E-state index is 12.4. The van der Waals surface area contributed by atoms with Gasteiger partial charge in [-0.1, -0.05) is 0 Å². The van der Waals surface area contributed by atoms with E-state index in [-0.39, 0.29) is 5.75 Å². The van der Waals surface area contributed by atoms with Crippen LogP contribution in [0.5, 0.6) is 11.5 Å². The van der Waals surface area contributed by atoms with E-state index in [1.807, 2.05) is 6.07 Å². The van der Waals surface area contributed by atoms with Crippen molar-refractivity contribution < 1.29 is 19.4 Å². The fraction of sp³-hybridized carbons (Fsp3) is 0.278. The van der Waals surface area contributed by atoms with Crippen molar-refractivity contribution in [3.63, 3.8) is 0 Å². The molecular weight excluding hydrogens is 324 g/mol. The van der Waals surface area contributed by atoms with E-state index in [1.54, 1.807) is 32.0 Å². The lowest BCUT2D eigenvalue weighted by molar-refractivity contribution is -0.150. The highest BCUT2D eigenvalue weighted by molar-refractivity contribution is 5.48. The summed E-state index contributed by atoms with van der Waals surface area (Å²) < 4.78 is 12.6. The fourth-order valence-electron chi connectivity index (χ4n) is 3.13. The summed E-state index contributed by atoms with van der Waals surface area (Å²) in [6.45, 7) is 3.81. The minimum atomic E-state index is -0.913. The summed E-state index contributed by atoms with van der Waals surface area (Å²) >= 11 is 0. The monoisotopic (exact) mass is 340 g/mol. The summed E-state index contributed by atoms with van der Waals surface area (Å²) in [6.07, 6.45) is 0.613. The standard InChI is InChI=1S/C18H16N2O5/c1-18(2)17(24-10-21)16(20-6-5-12(22)8-15(20)23)13-7-11(9-19)3-4-14(13)25-18/h3-8,10,16-17,22H,1-2H3. The molecule has 128 valence electrons. The van der Waals surface area contributed by atoms with Gasteiger partial charge in [-0.2, -0.15) is 5.26 Å². The van der Waals surface area contributed by atoms with E-state index in [0.717, 1.165) is 6.07 Å². The zero-order valence-electron chi connectivity index (χ0n) is 13.7. The Morgan fingerprint density at radius 3 is 2.76 bits per heavy atom. The molecule has 0 saturated heterocycles. The predicted molar refractivity (Wildman–Crippen MR) is 87.3 cm³/mol. The van der Waals surface area contributed by atoms with Gasteiger partial charge in [-0.25, -0.2) is 0 Å². The van der Waals surface area contributed by atoms with Crippen molar-refractivity contribution in [2.24, 2.45) is 0 Å². The van der Waals surface area contributed by atoms with Crippen LogP contribution in [0.3, 0.4) is 0 Å². The number of aromatic nitrogens is 1. The van der Waals surface area contributed by atoms with E-state index in [2.05, 4.69) is 0 Å². The van der Waals surface area contributed by atoms with Gasteiger partial charge < -0.3 is 19.1 Å². The third-order valence-corrected chi connectivity index (χ3v) is 4.24. The quantitative estimate of drug-likeness (QED) is 0.854. The summed E-state index contributed by atoms with van der Waals surface area (Å²) in [6, 6.07) is 8.67. The Bertz CT molecular complexity index is 926. The van der Waals surface area contributed by atoms with Crippen LogP contribution in [0.1, 0.15) is 31.0 Å². The SMILES string of the molecule is CC1(C)Oc2ccc(C#N)cc2C(n2ccc(O)cc2=O)C1OC=O. The van der Waals surface area contributed by atoms with Crippen molar-refractivity contribution in [1.82, 2.24) is 4.57 Å². The molecule has 1 aromatic heterocycles. The Balaban J connectivity index is 2.28. The molecule has 1 aromatic carbocycles. The van der Waals surface area contributed by atoms with Crippen LogP contribution in [0.2, 0.25) is 0 Å². The van der Waals surface area contributed by atoms with Crippen LogP contribution < -0.4 is 10.3 Å². The first kappa shape index (κ1) is 16.6. The van der Waals surface area contributed by atoms with Crippen LogP contribution >= 0.6 is 0 Å². The van der Waals surface area contributed by atoms with Crippen molar-refractivity contribution in [2.75, 3.05) is 0 Å². The second-order valence-corrected chi connectivity index (χ2v) is 6.30. The van der Waals surface area contributed by atoms with Crippen molar-refractivity contribution in [3.8, 4) is 17.6 Å². The molecule has 3 rings (SSSR count). The average molecular weight is 340 g/mol. The number of benzene rings is 1. The molecule has 0 saturated carbocycles. The van der Waals surface area contributed by atoms with Gasteiger partial charge in [-0.05, 0) is 38.1 Å². The first-order valence-electron chi connectivity index (χ1n) is 7.60. The van der Waals surface area contributed by atoms with Crippen LogP contribution in [0.25, 0.3) is 0 Å². The van der Waals surface area contributed by atoms with E-state index in [0.29, 0.717) is 23.3 Å². The maximum Gasteiger partial charge on any atom is 0.293 e. The second kappa shape index (κ2) is 5.98. The molecule has 0 fully saturated rings. The Morgan fingerprint density at radius 2 is 2.12 bits per heavy atom. The Hall–Kier alpha value is -3.27. The molecule has 7 heteroatoms. The summed E-state index contributed by atoms with van der Waals surface area (Å²) in [5.74, 6) is 0.339. The van der Waals surface area contributed by atoms with Gasteiger partial charge in [0.05, 0.1) is 11.6 Å². The lowest BCUT2D eigenvalue weighted by atomic mass is 9.85. The molecule has 1 aliphatic heterocycles. The molecule has 2 heterocycles. The molecule has 2 aromatic rings. The third-order valence-electron chi connectivity index (χ3n) is 4.24. The molecular formula is C18H16N2O5. The summed E-state index contributed by atoms with van der Waals surface area (Å²) in [4.78, 5) is 23.5. The topological polar surface area (TPSA) is 102 Å². The number of hydrogen-bond donors (Lipinski definition) is 1. The minimum Gasteiger partial charge on any atom is -0.508 e. The van der Waals surface area contributed by atoms with E-state index in [1.165, 1.54) is 16.8 Å². The Kier molecular flexibility index (Phi) is 3.97. The molecule has 7 nitrogen and oxygen atoms in total. The van der Waals surface area contributed by atoms with Crippen molar-refractivity contribution in [3.05, 3.63) is 58.0 Å². The van der Waals surface area contributed by atoms with Gasteiger partial charge >= 0.3 is 0 Å². The molecule has 0 aliphatic carbocycles. The Labute approximate surface area is 143 Å². The lowest BCUT2D eigenvalue weighted by Gasteiger charge is -2.43.